The van der Waals surface area contributed by atoms with E-state index in [4.69, 9.17) is 21.5 Å². The summed E-state index contributed by atoms with van der Waals surface area (Å²) in [4.78, 5) is -0.0997. The first kappa shape index (κ1) is 25.2. The van der Waals surface area contributed by atoms with E-state index in [-0.39, 0.29) is 16.3 Å². The Kier molecular flexibility index (Phi) is 7.81. The molecule has 1 heterocycles. The molecule has 1 unspecified atom stereocenters. The van der Waals surface area contributed by atoms with E-state index < -0.39 is 21.0 Å². The molecule has 0 saturated carbocycles. The number of rotatable bonds is 10. The topological polar surface area (TPSA) is 103 Å². The van der Waals surface area contributed by atoms with Crippen LogP contribution in [0.3, 0.4) is 0 Å². The molecule has 1 atom stereocenters. The van der Waals surface area contributed by atoms with Gasteiger partial charge in [0.05, 0.1) is 12.3 Å². The van der Waals surface area contributed by atoms with E-state index in [2.05, 4.69) is 27.5 Å². The van der Waals surface area contributed by atoms with Gasteiger partial charge in [0.15, 0.2) is 0 Å². The summed E-state index contributed by atoms with van der Waals surface area (Å²) in [6.07, 6.45) is 3.21. The molecule has 0 amide bonds. The van der Waals surface area contributed by atoms with Crippen molar-refractivity contribution < 1.29 is 17.4 Å². The number of ether oxygens (including phenoxy) is 1. The summed E-state index contributed by atoms with van der Waals surface area (Å²) in [6, 6.07) is 19.8. The average Bonchev–Trinajstić information content (AvgIpc) is 3.20. The fourth-order valence-corrected chi connectivity index (χ4v) is 5.75. The Morgan fingerprint density at radius 3 is 2.63 bits per heavy atom. The minimum atomic E-state index is -3.94. The third-order valence-electron chi connectivity index (χ3n) is 5.65. The zero-order valence-corrected chi connectivity index (χ0v) is 21.5. The van der Waals surface area contributed by atoms with Crippen LogP contribution >= 0.6 is 11.6 Å². The minimum Gasteiger partial charge on any atom is -0.493 e. The molecule has 1 aromatic heterocycles. The molecular weight excluding hydrogens is 506 g/mol. The Balaban J connectivity index is 1.40. The van der Waals surface area contributed by atoms with Crippen LogP contribution in [-0.4, -0.2) is 29.6 Å². The van der Waals surface area contributed by atoms with Crippen LogP contribution in [0.25, 0.3) is 10.9 Å². The number of aromatic nitrogens is 1. The number of sulfonamides is 1. The number of para-hydroxylation sites is 1. The van der Waals surface area contributed by atoms with E-state index in [1.807, 2.05) is 25.4 Å². The molecule has 0 bridgehead atoms. The summed E-state index contributed by atoms with van der Waals surface area (Å²) in [5, 5.41) is 7.01. The van der Waals surface area contributed by atoms with Crippen molar-refractivity contribution in [2.75, 3.05) is 17.1 Å². The molecule has 0 spiro atoms. The average molecular weight is 532 g/mol. The van der Waals surface area contributed by atoms with Crippen molar-refractivity contribution in [3.8, 4) is 5.75 Å². The van der Waals surface area contributed by atoms with Gasteiger partial charge in [-0.05, 0) is 53.9 Å². The number of fused-ring (bicyclic) bond motifs is 1. The second kappa shape index (κ2) is 10.8. The van der Waals surface area contributed by atoms with Gasteiger partial charge in [-0.15, -0.1) is 0 Å². The number of hydrogen-bond acceptors (Lipinski definition) is 4. The Morgan fingerprint density at radius 2 is 1.83 bits per heavy atom. The van der Waals surface area contributed by atoms with Crippen molar-refractivity contribution in [3.63, 3.8) is 0 Å². The first-order chi connectivity index (χ1) is 16.7. The first-order valence-corrected chi connectivity index (χ1v) is 14.2. The summed E-state index contributed by atoms with van der Waals surface area (Å²) < 4.78 is 47.1. The molecule has 0 aliphatic rings. The largest absolute Gasteiger partial charge is 0.493 e. The molecule has 7 nitrogen and oxygen atoms in total. The Morgan fingerprint density at radius 1 is 1.03 bits per heavy atom. The van der Waals surface area contributed by atoms with Crippen LogP contribution in [0.1, 0.15) is 11.1 Å². The van der Waals surface area contributed by atoms with E-state index in [0.717, 1.165) is 12.0 Å². The molecule has 0 saturated heterocycles. The van der Waals surface area contributed by atoms with Crippen molar-refractivity contribution in [1.82, 2.24) is 4.57 Å². The number of nitrogens with one attached hydrogen (secondary N) is 1. The van der Waals surface area contributed by atoms with Crippen LogP contribution in [0.2, 0.25) is 5.02 Å². The van der Waals surface area contributed by atoms with Crippen LogP contribution in [-0.2, 0) is 40.9 Å². The molecular formula is C25H26ClN3O4S2. The predicted molar refractivity (Wildman–Crippen MR) is 142 cm³/mol. The normalized spacial score (nSPS) is 12.5. The van der Waals surface area contributed by atoms with Gasteiger partial charge in [-0.3, -0.25) is 0 Å². The number of nitrogens with two attached hydrogens (primary N) is 1. The highest BCUT2D eigenvalue weighted by Gasteiger charge is 2.15. The van der Waals surface area contributed by atoms with Gasteiger partial charge >= 0.3 is 0 Å². The monoisotopic (exact) mass is 531 g/mol. The molecule has 4 rings (SSSR count). The maximum absolute atomic E-state index is 12.7. The first-order valence-electron chi connectivity index (χ1n) is 10.9. The van der Waals surface area contributed by atoms with Crippen molar-refractivity contribution in [3.05, 3.63) is 89.1 Å². The van der Waals surface area contributed by atoms with Gasteiger partial charge in [-0.2, -0.15) is 0 Å². The van der Waals surface area contributed by atoms with Crippen molar-refractivity contribution >= 4 is 49.2 Å². The standard InChI is InChI=1S/C25H26ClN3O4S2/c1-29-14-11-21-18(5-4-7-23(21)29)12-15-33-24-17-20(26)10-9-19(24)13-16-34(30)28-22-6-2-3-8-25(22)35(27,31)32/h2-11,14,17,28H,12-13,15-16H2,1H3,(H2,27,31,32). The van der Waals surface area contributed by atoms with Crippen molar-refractivity contribution in [2.24, 2.45) is 12.2 Å². The fraction of sp³-hybridized carbons (Fsp3) is 0.200. The van der Waals surface area contributed by atoms with E-state index in [9.17, 15) is 12.6 Å². The van der Waals surface area contributed by atoms with Gasteiger partial charge in [0.1, 0.15) is 21.6 Å². The van der Waals surface area contributed by atoms with Crippen LogP contribution in [0.4, 0.5) is 5.69 Å². The quantitative estimate of drug-likeness (QED) is 0.316. The highest BCUT2D eigenvalue weighted by atomic mass is 35.5. The highest BCUT2D eigenvalue weighted by Crippen LogP contribution is 2.26. The maximum atomic E-state index is 12.7. The lowest BCUT2D eigenvalue weighted by Gasteiger charge is -2.14. The SMILES string of the molecule is Cn1ccc2c(CCOc3cc(Cl)ccc3CCS(=O)Nc3ccccc3S(N)(=O)=O)cccc21. The van der Waals surface area contributed by atoms with Gasteiger partial charge in [0.2, 0.25) is 10.0 Å². The van der Waals surface area contributed by atoms with Gasteiger partial charge in [0, 0.05) is 41.3 Å². The van der Waals surface area contributed by atoms with Crippen LogP contribution in [0, 0.1) is 0 Å². The summed E-state index contributed by atoms with van der Waals surface area (Å²) in [5.41, 5.74) is 3.44. The molecule has 35 heavy (non-hydrogen) atoms. The lowest BCUT2D eigenvalue weighted by Crippen LogP contribution is -2.17. The highest BCUT2D eigenvalue weighted by molar-refractivity contribution is 7.89. The van der Waals surface area contributed by atoms with Crippen molar-refractivity contribution in [2.45, 2.75) is 17.7 Å². The molecule has 10 heteroatoms. The molecule has 0 aliphatic carbocycles. The van der Waals surface area contributed by atoms with Crippen molar-refractivity contribution in [1.29, 1.82) is 0 Å². The summed E-state index contributed by atoms with van der Waals surface area (Å²) >= 11 is 6.20. The molecule has 0 fully saturated rings. The smallest absolute Gasteiger partial charge is 0.240 e. The molecule has 4 aromatic rings. The number of hydrogen-bond donors (Lipinski definition) is 2. The number of halogens is 1. The second-order valence-electron chi connectivity index (χ2n) is 8.07. The molecule has 3 N–H and O–H groups in total. The number of primary sulfonamides is 1. The summed E-state index contributed by atoms with van der Waals surface area (Å²) in [5.74, 6) is 0.875. The van der Waals surface area contributed by atoms with E-state index in [0.29, 0.717) is 23.8 Å². The van der Waals surface area contributed by atoms with Gasteiger partial charge < -0.3 is 14.0 Å². The summed E-state index contributed by atoms with van der Waals surface area (Å²) in [7, 11) is -3.46. The minimum absolute atomic E-state index is 0.0997. The van der Waals surface area contributed by atoms with Gasteiger partial charge in [-0.1, -0.05) is 41.9 Å². The zero-order valence-electron chi connectivity index (χ0n) is 19.1. The Hall–Kier alpha value is -2.85. The molecule has 184 valence electrons. The van der Waals surface area contributed by atoms with E-state index >= 15 is 0 Å². The van der Waals surface area contributed by atoms with E-state index in [1.165, 1.54) is 28.6 Å². The molecule has 0 radical (unpaired) electrons. The summed E-state index contributed by atoms with van der Waals surface area (Å²) in [6.45, 7) is 0.463. The second-order valence-corrected chi connectivity index (χ2v) is 11.3. The number of benzene rings is 3. The number of aryl methyl sites for hydroxylation is 2. The fourth-order valence-electron chi connectivity index (χ4n) is 3.90. The zero-order chi connectivity index (χ0) is 25.0. The van der Waals surface area contributed by atoms with E-state index in [1.54, 1.807) is 24.3 Å². The molecule has 0 aliphatic heterocycles. The lowest BCUT2D eigenvalue weighted by molar-refractivity contribution is 0.319. The third-order valence-corrected chi connectivity index (χ3v) is 7.88. The van der Waals surface area contributed by atoms with Gasteiger partial charge in [-0.25, -0.2) is 17.8 Å². The maximum Gasteiger partial charge on any atom is 0.240 e. The number of nitrogens with zero attached hydrogens (tertiary/aromatic N) is 1. The Labute approximate surface area is 212 Å². The molecule has 3 aromatic carbocycles. The Bertz CT molecular complexity index is 1490. The third kappa shape index (κ3) is 6.24. The lowest BCUT2D eigenvalue weighted by atomic mass is 10.1. The predicted octanol–water partition coefficient (Wildman–Crippen LogP) is 4.42. The van der Waals surface area contributed by atoms with Crippen LogP contribution in [0.15, 0.2) is 77.8 Å². The number of anilines is 1. The van der Waals surface area contributed by atoms with Crippen LogP contribution < -0.4 is 14.6 Å². The van der Waals surface area contributed by atoms with Crippen LogP contribution in [0.5, 0.6) is 5.75 Å². The van der Waals surface area contributed by atoms with Gasteiger partial charge in [0.25, 0.3) is 0 Å².